The van der Waals surface area contributed by atoms with E-state index >= 15 is 0 Å². The maximum atomic E-state index is 5.51. The van der Waals surface area contributed by atoms with Crippen LogP contribution in [-0.2, 0) is 6.42 Å². The molecule has 0 saturated carbocycles. The van der Waals surface area contributed by atoms with Crippen molar-refractivity contribution in [2.45, 2.75) is 18.9 Å². The van der Waals surface area contributed by atoms with E-state index in [4.69, 9.17) is 18.9 Å². The third-order valence-electron chi connectivity index (χ3n) is 4.67. The number of hydrogen-bond donors (Lipinski definition) is 1. The molecule has 1 atom stereocenters. The fourth-order valence-corrected chi connectivity index (χ4v) is 3.39. The van der Waals surface area contributed by atoms with Crippen LogP contribution in [0.1, 0.15) is 29.2 Å². The fourth-order valence-electron chi connectivity index (χ4n) is 3.39. The van der Waals surface area contributed by atoms with E-state index < -0.39 is 0 Å². The Hall–Kier alpha value is -2.40. The SMILES string of the molecule is COc1ccc(C2NCCCc3cc(OC)c(OC)cc32)cc1OC. The van der Waals surface area contributed by atoms with Crippen LogP contribution >= 0.6 is 0 Å². The van der Waals surface area contributed by atoms with Gasteiger partial charge in [-0.3, -0.25) is 0 Å². The van der Waals surface area contributed by atoms with E-state index in [0.717, 1.165) is 47.9 Å². The Kier molecular flexibility index (Phi) is 5.34. The lowest BCUT2D eigenvalue weighted by Gasteiger charge is -2.22. The van der Waals surface area contributed by atoms with Gasteiger partial charge >= 0.3 is 0 Å². The lowest BCUT2D eigenvalue weighted by Crippen LogP contribution is -2.22. The van der Waals surface area contributed by atoms with E-state index in [-0.39, 0.29) is 6.04 Å². The molecule has 5 heteroatoms. The Balaban J connectivity index is 2.09. The van der Waals surface area contributed by atoms with Crippen LogP contribution in [0.3, 0.4) is 0 Å². The molecule has 25 heavy (non-hydrogen) atoms. The van der Waals surface area contributed by atoms with Gasteiger partial charge in [-0.2, -0.15) is 0 Å². The lowest BCUT2D eigenvalue weighted by atomic mass is 9.93. The molecule has 0 radical (unpaired) electrons. The van der Waals surface area contributed by atoms with E-state index in [1.54, 1.807) is 28.4 Å². The molecule has 0 fully saturated rings. The number of fused-ring (bicyclic) bond motifs is 1. The maximum absolute atomic E-state index is 5.51. The van der Waals surface area contributed by atoms with Gasteiger partial charge in [0.1, 0.15) is 0 Å². The Labute approximate surface area is 148 Å². The highest BCUT2D eigenvalue weighted by molar-refractivity contribution is 5.52. The van der Waals surface area contributed by atoms with Crippen molar-refractivity contribution < 1.29 is 18.9 Å². The number of aryl methyl sites for hydroxylation is 1. The number of methoxy groups -OCH3 is 4. The Morgan fingerprint density at radius 1 is 0.800 bits per heavy atom. The average Bonchev–Trinajstić information content (AvgIpc) is 2.87. The van der Waals surface area contributed by atoms with E-state index in [1.807, 2.05) is 12.1 Å². The Morgan fingerprint density at radius 3 is 2.12 bits per heavy atom. The van der Waals surface area contributed by atoms with Crippen molar-refractivity contribution in [3.05, 3.63) is 47.0 Å². The molecule has 1 unspecified atom stereocenters. The standard InChI is InChI=1S/C20H25NO4/c1-22-16-8-7-14(11-17(16)23-2)20-15-12-19(25-4)18(24-3)10-13(15)6-5-9-21-20/h7-8,10-12,20-21H,5-6,9H2,1-4H3. The van der Waals surface area contributed by atoms with Crippen molar-refractivity contribution in [2.75, 3.05) is 35.0 Å². The summed E-state index contributed by atoms with van der Waals surface area (Å²) >= 11 is 0. The molecule has 5 nitrogen and oxygen atoms in total. The van der Waals surface area contributed by atoms with Crippen LogP contribution in [-0.4, -0.2) is 35.0 Å². The largest absolute Gasteiger partial charge is 0.493 e. The monoisotopic (exact) mass is 343 g/mol. The third kappa shape index (κ3) is 3.37. The minimum absolute atomic E-state index is 0.0668. The fraction of sp³-hybridized carbons (Fsp3) is 0.400. The van der Waals surface area contributed by atoms with Crippen molar-refractivity contribution in [2.24, 2.45) is 0 Å². The van der Waals surface area contributed by atoms with Crippen LogP contribution in [0.25, 0.3) is 0 Å². The zero-order chi connectivity index (χ0) is 17.8. The maximum Gasteiger partial charge on any atom is 0.161 e. The molecule has 1 heterocycles. The summed E-state index contributed by atoms with van der Waals surface area (Å²) in [4.78, 5) is 0. The summed E-state index contributed by atoms with van der Waals surface area (Å²) in [5, 5.41) is 3.64. The van der Waals surface area contributed by atoms with Crippen molar-refractivity contribution in [1.82, 2.24) is 5.32 Å². The molecular weight excluding hydrogens is 318 g/mol. The molecule has 0 spiro atoms. The summed E-state index contributed by atoms with van der Waals surface area (Å²) in [6.07, 6.45) is 2.08. The van der Waals surface area contributed by atoms with Gasteiger partial charge in [-0.25, -0.2) is 0 Å². The van der Waals surface area contributed by atoms with E-state index in [9.17, 15) is 0 Å². The highest BCUT2D eigenvalue weighted by Crippen LogP contribution is 2.39. The summed E-state index contributed by atoms with van der Waals surface area (Å²) < 4.78 is 21.8. The minimum atomic E-state index is 0.0668. The zero-order valence-electron chi connectivity index (χ0n) is 15.2. The van der Waals surface area contributed by atoms with Gasteiger partial charge < -0.3 is 24.3 Å². The summed E-state index contributed by atoms with van der Waals surface area (Å²) in [6, 6.07) is 10.3. The molecule has 0 aromatic heterocycles. The molecule has 3 rings (SSSR count). The van der Waals surface area contributed by atoms with Gasteiger partial charge in [0, 0.05) is 0 Å². The van der Waals surface area contributed by atoms with Gasteiger partial charge in [0.2, 0.25) is 0 Å². The Morgan fingerprint density at radius 2 is 1.44 bits per heavy atom. The van der Waals surface area contributed by atoms with Gasteiger partial charge in [-0.05, 0) is 60.3 Å². The van der Waals surface area contributed by atoms with Gasteiger partial charge in [-0.1, -0.05) is 6.07 Å². The van der Waals surface area contributed by atoms with Crippen LogP contribution < -0.4 is 24.3 Å². The van der Waals surface area contributed by atoms with E-state index in [0.29, 0.717) is 0 Å². The number of benzene rings is 2. The number of nitrogens with one attached hydrogen (secondary N) is 1. The Bertz CT molecular complexity index is 745. The lowest BCUT2D eigenvalue weighted by molar-refractivity contribution is 0.353. The van der Waals surface area contributed by atoms with Crippen LogP contribution in [0.5, 0.6) is 23.0 Å². The van der Waals surface area contributed by atoms with Gasteiger partial charge in [0.15, 0.2) is 23.0 Å². The molecule has 1 aliphatic heterocycles. The van der Waals surface area contributed by atoms with Crippen molar-refractivity contribution in [1.29, 1.82) is 0 Å². The number of rotatable bonds is 5. The van der Waals surface area contributed by atoms with Crippen LogP contribution in [0, 0.1) is 0 Å². The first-order chi connectivity index (χ1) is 12.2. The van der Waals surface area contributed by atoms with Crippen LogP contribution in [0.15, 0.2) is 30.3 Å². The predicted octanol–water partition coefficient (Wildman–Crippen LogP) is 3.35. The topological polar surface area (TPSA) is 49.0 Å². The summed E-state index contributed by atoms with van der Waals surface area (Å²) in [5.41, 5.74) is 3.62. The van der Waals surface area contributed by atoms with E-state index in [2.05, 4.69) is 23.5 Å². The van der Waals surface area contributed by atoms with Gasteiger partial charge in [0.05, 0.1) is 34.5 Å². The number of hydrogen-bond acceptors (Lipinski definition) is 5. The van der Waals surface area contributed by atoms with E-state index in [1.165, 1.54) is 11.1 Å². The molecule has 1 N–H and O–H groups in total. The van der Waals surface area contributed by atoms with Crippen molar-refractivity contribution in [3.63, 3.8) is 0 Å². The predicted molar refractivity (Wildman–Crippen MR) is 97.3 cm³/mol. The molecule has 0 aliphatic carbocycles. The van der Waals surface area contributed by atoms with Crippen molar-refractivity contribution in [3.8, 4) is 23.0 Å². The quantitative estimate of drug-likeness (QED) is 0.902. The average molecular weight is 343 g/mol. The molecule has 2 aromatic carbocycles. The molecular formula is C20H25NO4. The molecule has 0 saturated heterocycles. The second-order valence-corrected chi connectivity index (χ2v) is 6.01. The molecule has 2 aromatic rings. The molecule has 1 aliphatic rings. The third-order valence-corrected chi connectivity index (χ3v) is 4.67. The molecule has 0 amide bonds. The minimum Gasteiger partial charge on any atom is -0.493 e. The first kappa shape index (κ1) is 17.4. The first-order valence-corrected chi connectivity index (χ1v) is 8.42. The highest BCUT2D eigenvalue weighted by Gasteiger charge is 2.23. The molecule has 0 bridgehead atoms. The second kappa shape index (κ2) is 7.66. The summed E-state index contributed by atoms with van der Waals surface area (Å²) in [5.74, 6) is 2.98. The van der Waals surface area contributed by atoms with Crippen LogP contribution in [0.2, 0.25) is 0 Å². The summed E-state index contributed by atoms with van der Waals surface area (Å²) in [6.45, 7) is 0.943. The first-order valence-electron chi connectivity index (χ1n) is 8.42. The summed E-state index contributed by atoms with van der Waals surface area (Å²) in [7, 11) is 6.64. The van der Waals surface area contributed by atoms with Crippen LogP contribution in [0.4, 0.5) is 0 Å². The highest BCUT2D eigenvalue weighted by atomic mass is 16.5. The number of ether oxygens (including phenoxy) is 4. The van der Waals surface area contributed by atoms with Gasteiger partial charge in [-0.15, -0.1) is 0 Å². The zero-order valence-corrected chi connectivity index (χ0v) is 15.2. The normalized spacial score (nSPS) is 16.6. The van der Waals surface area contributed by atoms with Crippen molar-refractivity contribution >= 4 is 0 Å². The second-order valence-electron chi connectivity index (χ2n) is 6.01. The van der Waals surface area contributed by atoms with Gasteiger partial charge in [0.25, 0.3) is 0 Å². The molecule has 134 valence electrons. The smallest absolute Gasteiger partial charge is 0.161 e.